The van der Waals surface area contributed by atoms with Crippen molar-refractivity contribution in [2.24, 2.45) is 11.7 Å². The van der Waals surface area contributed by atoms with Crippen molar-refractivity contribution in [3.8, 4) is 11.1 Å². The molecular weight excluding hydrogens is 284 g/mol. The summed E-state index contributed by atoms with van der Waals surface area (Å²) in [6.45, 7) is 6.17. The van der Waals surface area contributed by atoms with Crippen LogP contribution in [0.25, 0.3) is 11.1 Å². The molecule has 0 aliphatic heterocycles. The lowest BCUT2D eigenvalue weighted by Crippen LogP contribution is -2.47. The number of amides is 1. The fourth-order valence-electron chi connectivity index (χ4n) is 2.31. The Morgan fingerprint density at radius 1 is 0.957 bits per heavy atom. The van der Waals surface area contributed by atoms with Crippen LogP contribution in [-0.2, 0) is 11.2 Å². The number of nitrogens with two attached hydrogens (primary N) is 1. The molecule has 0 heterocycles. The minimum absolute atomic E-state index is 0.0849. The van der Waals surface area contributed by atoms with Crippen molar-refractivity contribution < 1.29 is 4.79 Å². The van der Waals surface area contributed by atoms with E-state index in [1.807, 2.05) is 37.3 Å². The molecule has 0 aromatic heterocycles. The van der Waals surface area contributed by atoms with E-state index in [0.717, 1.165) is 5.56 Å². The lowest BCUT2D eigenvalue weighted by molar-refractivity contribution is -0.123. The molecule has 2 rings (SSSR count). The smallest absolute Gasteiger partial charge is 0.237 e. The Bertz CT molecular complexity index is 620. The molecule has 0 bridgehead atoms. The molecule has 1 amide bonds. The van der Waals surface area contributed by atoms with Crippen LogP contribution in [0.15, 0.2) is 54.6 Å². The van der Waals surface area contributed by atoms with Crippen molar-refractivity contribution in [2.75, 3.05) is 0 Å². The van der Waals surface area contributed by atoms with Gasteiger partial charge in [-0.15, -0.1) is 0 Å². The van der Waals surface area contributed by atoms with Crippen molar-refractivity contribution >= 4 is 5.91 Å². The van der Waals surface area contributed by atoms with Gasteiger partial charge in [-0.2, -0.15) is 0 Å². The minimum atomic E-state index is -0.515. The molecule has 23 heavy (non-hydrogen) atoms. The molecule has 2 aromatic carbocycles. The summed E-state index contributed by atoms with van der Waals surface area (Å²) in [6, 6.07) is 18.1. The second-order valence-corrected chi connectivity index (χ2v) is 6.41. The molecule has 3 heteroatoms. The van der Waals surface area contributed by atoms with Gasteiger partial charge in [0.1, 0.15) is 0 Å². The van der Waals surface area contributed by atoms with E-state index in [9.17, 15) is 4.79 Å². The highest BCUT2D eigenvalue weighted by Gasteiger charge is 2.17. The first-order chi connectivity index (χ1) is 11.0. The van der Waals surface area contributed by atoms with E-state index in [4.69, 9.17) is 5.73 Å². The van der Waals surface area contributed by atoms with Gasteiger partial charge in [-0.3, -0.25) is 4.79 Å². The number of hydrogen-bond donors (Lipinski definition) is 2. The van der Waals surface area contributed by atoms with Gasteiger partial charge in [0, 0.05) is 6.04 Å². The summed E-state index contributed by atoms with van der Waals surface area (Å²) >= 11 is 0. The van der Waals surface area contributed by atoms with Crippen LogP contribution in [0.5, 0.6) is 0 Å². The van der Waals surface area contributed by atoms with Gasteiger partial charge >= 0.3 is 0 Å². The van der Waals surface area contributed by atoms with Gasteiger partial charge in [0.05, 0.1) is 6.04 Å². The van der Waals surface area contributed by atoms with Crippen molar-refractivity contribution in [1.29, 1.82) is 0 Å². The van der Waals surface area contributed by atoms with Gasteiger partial charge in [-0.05, 0) is 36.0 Å². The number of carbonyl (C=O) groups is 1. The average molecular weight is 310 g/mol. The first-order valence-corrected chi connectivity index (χ1v) is 8.17. The van der Waals surface area contributed by atoms with Gasteiger partial charge in [0.25, 0.3) is 0 Å². The van der Waals surface area contributed by atoms with Crippen LogP contribution < -0.4 is 11.1 Å². The highest BCUT2D eigenvalue weighted by atomic mass is 16.2. The summed E-state index contributed by atoms with van der Waals surface area (Å²) < 4.78 is 0. The van der Waals surface area contributed by atoms with E-state index in [1.54, 1.807) is 0 Å². The molecular formula is C20H26N2O. The van der Waals surface area contributed by atoms with Crippen molar-refractivity contribution in [3.63, 3.8) is 0 Å². The van der Waals surface area contributed by atoms with Crippen LogP contribution >= 0.6 is 0 Å². The topological polar surface area (TPSA) is 55.1 Å². The SMILES string of the molecule is CC(C)C(C)NC(=O)C(N)Cc1ccc(-c2ccccc2)cc1. The quantitative estimate of drug-likeness (QED) is 0.859. The zero-order valence-corrected chi connectivity index (χ0v) is 14.1. The number of carbonyl (C=O) groups excluding carboxylic acids is 1. The fourth-order valence-corrected chi connectivity index (χ4v) is 2.31. The van der Waals surface area contributed by atoms with E-state index in [-0.39, 0.29) is 11.9 Å². The maximum absolute atomic E-state index is 12.1. The predicted octanol–water partition coefficient (Wildman–Crippen LogP) is 3.38. The first-order valence-electron chi connectivity index (χ1n) is 8.17. The summed E-state index contributed by atoms with van der Waals surface area (Å²) in [5, 5.41) is 2.97. The number of benzene rings is 2. The molecule has 2 unspecified atom stereocenters. The number of hydrogen-bond acceptors (Lipinski definition) is 2. The molecule has 0 spiro atoms. The second kappa shape index (κ2) is 7.93. The minimum Gasteiger partial charge on any atom is -0.352 e. The Labute approximate surface area is 138 Å². The van der Waals surface area contributed by atoms with Gasteiger partial charge in [-0.1, -0.05) is 68.4 Å². The summed E-state index contributed by atoms with van der Waals surface area (Å²) in [4.78, 5) is 12.1. The summed E-state index contributed by atoms with van der Waals surface area (Å²) in [7, 11) is 0. The fraction of sp³-hybridized carbons (Fsp3) is 0.350. The molecule has 0 radical (unpaired) electrons. The van der Waals surface area contributed by atoms with Crippen LogP contribution in [-0.4, -0.2) is 18.0 Å². The third-order valence-corrected chi connectivity index (χ3v) is 4.22. The number of nitrogens with one attached hydrogen (secondary N) is 1. The highest BCUT2D eigenvalue weighted by Crippen LogP contribution is 2.19. The molecule has 3 N–H and O–H groups in total. The van der Waals surface area contributed by atoms with Gasteiger partial charge in [0.2, 0.25) is 5.91 Å². The van der Waals surface area contributed by atoms with E-state index in [2.05, 4.69) is 43.4 Å². The summed E-state index contributed by atoms with van der Waals surface area (Å²) in [5.41, 5.74) is 9.46. The lowest BCUT2D eigenvalue weighted by atomic mass is 10.00. The van der Waals surface area contributed by atoms with Gasteiger partial charge in [-0.25, -0.2) is 0 Å². The third-order valence-electron chi connectivity index (χ3n) is 4.22. The predicted molar refractivity (Wildman–Crippen MR) is 96.0 cm³/mol. The highest BCUT2D eigenvalue weighted by molar-refractivity contribution is 5.82. The van der Waals surface area contributed by atoms with Gasteiger partial charge in [0.15, 0.2) is 0 Å². The maximum Gasteiger partial charge on any atom is 0.237 e. The Hall–Kier alpha value is -2.13. The molecule has 0 aliphatic rings. The third kappa shape index (κ3) is 4.93. The summed E-state index contributed by atoms with van der Waals surface area (Å²) in [5.74, 6) is 0.314. The van der Waals surface area contributed by atoms with E-state index in [1.165, 1.54) is 11.1 Å². The van der Waals surface area contributed by atoms with E-state index >= 15 is 0 Å². The molecule has 0 saturated heterocycles. The molecule has 2 atom stereocenters. The van der Waals surface area contributed by atoms with Crippen molar-refractivity contribution in [2.45, 2.75) is 39.3 Å². The van der Waals surface area contributed by atoms with Crippen molar-refractivity contribution in [1.82, 2.24) is 5.32 Å². The van der Waals surface area contributed by atoms with E-state index in [0.29, 0.717) is 12.3 Å². The van der Waals surface area contributed by atoms with Crippen LogP contribution in [0.3, 0.4) is 0 Å². The first kappa shape index (κ1) is 17.2. The Balaban J connectivity index is 1.96. The molecule has 2 aromatic rings. The maximum atomic E-state index is 12.1. The van der Waals surface area contributed by atoms with Crippen LogP contribution in [0.4, 0.5) is 0 Å². The van der Waals surface area contributed by atoms with Crippen LogP contribution in [0.2, 0.25) is 0 Å². The van der Waals surface area contributed by atoms with Crippen molar-refractivity contribution in [3.05, 3.63) is 60.2 Å². The molecule has 0 saturated carbocycles. The van der Waals surface area contributed by atoms with E-state index < -0.39 is 6.04 Å². The average Bonchev–Trinajstić information content (AvgIpc) is 2.56. The molecule has 0 fully saturated rings. The number of rotatable bonds is 6. The second-order valence-electron chi connectivity index (χ2n) is 6.41. The Morgan fingerprint density at radius 3 is 2.09 bits per heavy atom. The molecule has 122 valence electrons. The monoisotopic (exact) mass is 310 g/mol. The largest absolute Gasteiger partial charge is 0.352 e. The van der Waals surface area contributed by atoms with Gasteiger partial charge < -0.3 is 11.1 Å². The normalized spacial score (nSPS) is 13.6. The Morgan fingerprint density at radius 2 is 1.52 bits per heavy atom. The Kier molecular flexibility index (Phi) is 5.94. The zero-order chi connectivity index (χ0) is 16.8. The van der Waals surface area contributed by atoms with Crippen LogP contribution in [0.1, 0.15) is 26.3 Å². The molecule has 3 nitrogen and oxygen atoms in total. The summed E-state index contributed by atoms with van der Waals surface area (Å²) in [6.07, 6.45) is 0.547. The standard InChI is InChI=1S/C20H26N2O/c1-14(2)15(3)22-20(23)19(21)13-16-9-11-18(12-10-16)17-7-5-4-6-8-17/h4-12,14-15,19H,13,21H2,1-3H3,(H,22,23). The molecule has 0 aliphatic carbocycles. The zero-order valence-electron chi connectivity index (χ0n) is 14.1. The lowest BCUT2D eigenvalue weighted by Gasteiger charge is -2.20. The van der Waals surface area contributed by atoms with Crippen LogP contribution in [0, 0.1) is 5.92 Å².